The first kappa shape index (κ1) is 16.4. The van der Waals surface area contributed by atoms with Gasteiger partial charge in [0.15, 0.2) is 0 Å². The fraction of sp³-hybridized carbons (Fsp3) is 0.125. The van der Waals surface area contributed by atoms with Crippen LogP contribution in [0.4, 0.5) is 0 Å². The molecule has 104 valence electrons. The molecule has 0 aliphatic carbocycles. The Morgan fingerprint density at radius 1 is 0.850 bits per heavy atom. The highest BCUT2D eigenvalue weighted by Crippen LogP contribution is 2.09. The van der Waals surface area contributed by atoms with Crippen molar-refractivity contribution in [1.29, 1.82) is 0 Å². The van der Waals surface area contributed by atoms with Crippen LogP contribution in [0.1, 0.15) is 31.8 Å². The topological polar surface area (TPSA) is 34.1 Å². The maximum atomic E-state index is 10.6. The normalized spacial score (nSPS) is 9.40. The van der Waals surface area contributed by atoms with Crippen molar-refractivity contribution in [2.24, 2.45) is 0 Å². The summed E-state index contributed by atoms with van der Waals surface area (Å²) in [4.78, 5) is 21.2. The zero-order valence-corrected chi connectivity index (χ0v) is 12.7. The third kappa shape index (κ3) is 5.16. The van der Waals surface area contributed by atoms with Crippen LogP contribution in [-0.4, -0.2) is 10.5 Å². The first-order valence-electron chi connectivity index (χ1n) is 5.93. The molecule has 0 heterocycles. The van der Waals surface area contributed by atoms with E-state index < -0.39 is 10.5 Å². The Hall–Kier alpha value is -1.64. The quantitative estimate of drug-likeness (QED) is 0.750. The lowest BCUT2D eigenvalue weighted by Gasteiger charge is -1.96. The van der Waals surface area contributed by atoms with Crippen LogP contribution >= 0.6 is 23.2 Å². The Morgan fingerprint density at radius 3 is 1.90 bits per heavy atom. The molecule has 0 saturated carbocycles. The fourth-order valence-electron chi connectivity index (χ4n) is 1.56. The molecule has 20 heavy (non-hydrogen) atoms. The monoisotopic (exact) mass is 308 g/mol. The van der Waals surface area contributed by atoms with Crippen molar-refractivity contribution in [2.45, 2.75) is 13.8 Å². The van der Waals surface area contributed by atoms with Crippen LogP contribution in [0, 0.1) is 13.8 Å². The Morgan fingerprint density at radius 2 is 1.50 bits per heavy atom. The minimum absolute atomic E-state index is 0.391. The van der Waals surface area contributed by atoms with Crippen molar-refractivity contribution in [3.05, 3.63) is 70.8 Å². The molecule has 0 aliphatic rings. The summed E-state index contributed by atoms with van der Waals surface area (Å²) in [7, 11) is 0. The lowest BCUT2D eigenvalue weighted by atomic mass is 10.1. The van der Waals surface area contributed by atoms with E-state index in [1.807, 2.05) is 38.1 Å². The average molecular weight is 309 g/mol. The van der Waals surface area contributed by atoms with Gasteiger partial charge in [0, 0.05) is 11.1 Å². The summed E-state index contributed by atoms with van der Waals surface area (Å²) in [5.41, 5.74) is 3.11. The molecular weight excluding hydrogens is 295 g/mol. The lowest BCUT2D eigenvalue weighted by Crippen LogP contribution is -1.90. The highest BCUT2D eigenvalue weighted by Gasteiger charge is 2.02. The van der Waals surface area contributed by atoms with Crippen molar-refractivity contribution in [1.82, 2.24) is 0 Å². The van der Waals surface area contributed by atoms with E-state index in [-0.39, 0.29) is 0 Å². The Balaban J connectivity index is 0.000000200. The predicted molar refractivity (Wildman–Crippen MR) is 82.7 cm³/mol. The van der Waals surface area contributed by atoms with Gasteiger partial charge in [-0.25, -0.2) is 0 Å². The summed E-state index contributed by atoms with van der Waals surface area (Å²) in [6.45, 7) is 3.78. The van der Waals surface area contributed by atoms with Gasteiger partial charge in [0.05, 0.1) is 0 Å². The molecule has 0 aromatic heterocycles. The summed E-state index contributed by atoms with van der Waals surface area (Å²) in [6, 6.07) is 14.4. The largest absolute Gasteiger partial charge is 0.276 e. The van der Waals surface area contributed by atoms with E-state index in [1.165, 1.54) is 0 Å². The van der Waals surface area contributed by atoms with Crippen LogP contribution < -0.4 is 0 Å². The van der Waals surface area contributed by atoms with Crippen molar-refractivity contribution in [3.8, 4) is 0 Å². The molecule has 0 atom stereocenters. The smallest absolute Gasteiger partial charge is 0.252 e. The summed E-state index contributed by atoms with van der Waals surface area (Å²) < 4.78 is 0. The third-order valence-electron chi connectivity index (χ3n) is 2.60. The number of carbonyl (C=O) groups excluding carboxylic acids is 2. The van der Waals surface area contributed by atoms with Crippen LogP contribution in [0.3, 0.4) is 0 Å². The van der Waals surface area contributed by atoms with E-state index in [2.05, 4.69) is 0 Å². The maximum Gasteiger partial charge on any atom is 0.252 e. The van der Waals surface area contributed by atoms with E-state index in [0.29, 0.717) is 11.1 Å². The van der Waals surface area contributed by atoms with Gasteiger partial charge in [-0.15, -0.1) is 0 Å². The molecule has 2 aromatic rings. The maximum absolute atomic E-state index is 10.6. The molecule has 0 aliphatic heterocycles. The second-order valence-electron chi connectivity index (χ2n) is 4.23. The van der Waals surface area contributed by atoms with Gasteiger partial charge < -0.3 is 0 Å². The number of carbonyl (C=O) groups is 2. The van der Waals surface area contributed by atoms with E-state index in [4.69, 9.17) is 23.2 Å². The molecule has 2 rings (SSSR count). The van der Waals surface area contributed by atoms with Crippen molar-refractivity contribution >= 4 is 33.7 Å². The molecule has 0 saturated heterocycles. The molecule has 0 amide bonds. The minimum Gasteiger partial charge on any atom is -0.276 e. The third-order valence-corrected chi connectivity index (χ3v) is 3.02. The van der Waals surface area contributed by atoms with Gasteiger partial charge in [0.1, 0.15) is 0 Å². The van der Waals surface area contributed by atoms with E-state index >= 15 is 0 Å². The van der Waals surface area contributed by atoms with Gasteiger partial charge in [0.2, 0.25) is 0 Å². The fourth-order valence-corrected chi connectivity index (χ4v) is 1.89. The highest BCUT2D eigenvalue weighted by atomic mass is 35.5. The Kier molecular flexibility index (Phi) is 6.43. The molecule has 2 nitrogen and oxygen atoms in total. The zero-order chi connectivity index (χ0) is 15.1. The molecular formula is C16H14Cl2O2. The summed E-state index contributed by atoms with van der Waals surface area (Å²) in [6.07, 6.45) is 0. The molecule has 4 heteroatoms. The molecule has 0 radical (unpaired) electrons. The lowest BCUT2D eigenvalue weighted by molar-refractivity contribution is 0.107. The van der Waals surface area contributed by atoms with Gasteiger partial charge >= 0.3 is 0 Å². The first-order valence-corrected chi connectivity index (χ1v) is 6.69. The zero-order valence-electron chi connectivity index (χ0n) is 11.2. The van der Waals surface area contributed by atoms with Crippen LogP contribution in [-0.2, 0) is 0 Å². The molecule has 0 N–H and O–H groups in total. The van der Waals surface area contributed by atoms with Gasteiger partial charge in [0.25, 0.3) is 10.5 Å². The molecule has 0 spiro atoms. The van der Waals surface area contributed by atoms with Crippen molar-refractivity contribution in [3.63, 3.8) is 0 Å². The number of benzene rings is 2. The van der Waals surface area contributed by atoms with Gasteiger partial charge in [-0.05, 0) is 54.7 Å². The molecule has 0 unspecified atom stereocenters. The number of halogens is 2. The second kappa shape index (κ2) is 7.83. The van der Waals surface area contributed by atoms with Crippen LogP contribution in [0.25, 0.3) is 0 Å². The number of hydrogen-bond donors (Lipinski definition) is 0. The molecule has 2 aromatic carbocycles. The minimum atomic E-state index is -0.399. The summed E-state index contributed by atoms with van der Waals surface area (Å²) >= 11 is 10.5. The van der Waals surface area contributed by atoms with Crippen LogP contribution in [0.15, 0.2) is 48.5 Å². The second-order valence-corrected chi connectivity index (χ2v) is 4.92. The highest BCUT2D eigenvalue weighted by molar-refractivity contribution is 6.68. The number of hydrogen-bond acceptors (Lipinski definition) is 2. The van der Waals surface area contributed by atoms with E-state index in [1.54, 1.807) is 24.3 Å². The number of aryl methyl sites for hydroxylation is 2. The number of rotatable bonds is 2. The standard InChI is InChI=1S/2C8H7ClO/c1-6-3-2-4-7(5-6)8(9)10;1-6-4-2-3-5-7(6)8(9)10/h2*2-5H,1H3. The van der Waals surface area contributed by atoms with Crippen molar-refractivity contribution in [2.75, 3.05) is 0 Å². The molecule has 0 bridgehead atoms. The Bertz CT molecular complexity index is 621. The van der Waals surface area contributed by atoms with Crippen molar-refractivity contribution < 1.29 is 9.59 Å². The SMILES string of the molecule is Cc1cccc(C(=O)Cl)c1.Cc1ccccc1C(=O)Cl. The summed E-state index contributed by atoms with van der Waals surface area (Å²) in [5.74, 6) is 0. The first-order chi connectivity index (χ1) is 9.41. The average Bonchev–Trinajstić information content (AvgIpc) is 2.39. The van der Waals surface area contributed by atoms with Crippen LogP contribution in [0.5, 0.6) is 0 Å². The van der Waals surface area contributed by atoms with E-state index in [9.17, 15) is 9.59 Å². The van der Waals surface area contributed by atoms with Gasteiger partial charge in [-0.3, -0.25) is 9.59 Å². The van der Waals surface area contributed by atoms with E-state index in [0.717, 1.165) is 11.1 Å². The van der Waals surface area contributed by atoms with Gasteiger partial charge in [-0.1, -0.05) is 42.0 Å². The summed E-state index contributed by atoms with van der Waals surface area (Å²) in [5, 5.41) is -0.790. The predicted octanol–water partition coefficient (Wildman–Crippen LogP) is 4.75. The molecule has 0 fully saturated rings. The Labute approximate surface area is 128 Å². The van der Waals surface area contributed by atoms with Crippen LogP contribution in [0.2, 0.25) is 0 Å². The van der Waals surface area contributed by atoms with Gasteiger partial charge in [-0.2, -0.15) is 0 Å².